The average Bonchev–Trinajstić information content (AvgIpc) is 2.38. The smallest absolute Gasteiger partial charge is 0.0442 e. The second kappa shape index (κ2) is 5.72. The van der Waals surface area contributed by atoms with Gasteiger partial charge in [0.15, 0.2) is 0 Å². The molecule has 0 radical (unpaired) electrons. The highest BCUT2D eigenvalue weighted by atomic mass is 15.3. The molecule has 0 unspecified atom stereocenters. The maximum Gasteiger partial charge on any atom is 0.0442 e. The van der Waals surface area contributed by atoms with Crippen molar-refractivity contribution in [2.24, 2.45) is 5.73 Å². The molecular weight excluding hydrogens is 222 g/mol. The van der Waals surface area contributed by atoms with Crippen LogP contribution >= 0.6 is 0 Å². The van der Waals surface area contributed by atoms with Crippen molar-refractivity contribution in [3.05, 3.63) is 29.3 Å². The molecule has 100 valence electrons. The largest absolute Gasteiger partial charge is 0.368 e. The first kappa shape index (κ1) is 13.4. The van der Waals surface area contributed by atoms with Crippen LogP contribution in [0.15, 0.2) is 18.2 Å². The summed E-state index contributed by atoms with van der Waals surface area (Å²) in [5, 5.41) is 0. The molecule has 0 spiro atoms. The molecule has 0 bridgehead atoms. The number of hydrogen-bond donors (Lipinski definition) is 1. The molecule has 1 aromatic carbocycles. The first-order chi connectivity index (χ1) is 8.63. The Labute approximate surface area is 111 Å². The number of nitrogens with two attached hydrogens (primary N) is 1. The predicted octanol–water partition coefficient (Wildman–Crippen LogP) is 1.98. The predicted molar refractivity (Wildman–Crippen MR) is 78.0 cm³/mol. The van der Waals surface area contributed by atoms with Crippen molar-refractivity contribution in [2.45, 2.75) is 33.4 Å². The van der Waals surface area contributed by atoms with E-state index in [9.17, 15) is 0 Å². The second-order valence-electron chi connectivity index (χ2n) is 5.40. The Morgan fingerprint density at radius 3 is 2.39 bits per heavy atom. The van der Waals surface area contributed by atoms with Crippen molar-refractivity contribution in [3.8, 4) is 0 Å². The monoisotopic (exact) mass is 247 g/mol. The van der Waals surface area contributed by atoms with Gasteiger partial charge in [0, 0.05) is 44.5 Å². The van der Waals surface area contributed by atoms with Gasteiger partial charge in [-0.15, -0.1) is 0 Å². The summed E-state index contributed by atoms with van der Waals surface area (Å²) < 4.78 is 0. The van der Waals surface area contributed by atoms with Crippen LogP contribution in [0.2, 0.25) is 0 Å². The van der Waals surface area contributed by atoms with Gasteiger partial charge in [0.1, 0.15) is 0 Å². The molecule has 18 heavy (non-hydrogen) atoms. The maximum absolute atomic E-state index is 5.86. The van der Waals surface area contributed by atoms with Gasteiger partial charge in [0.25, 0.3) is 0 Å². The van der Waals surface area contributed by atoms with Gasteiger partial charge in [0.05, 0.1) is 0 Å². The second-order valence-corrected chi connectivity index (χ2v) is 5.40. The van der Waals surface area contributed by atoms with Gasteiger partial charge in [-0.05, 0) is 31.9 Å². The lowest BCUT2D eigenvalue weighted by Gasteiger charge is -2.39. The van der Waals surface area contributed by atoms with E-state index in [1.807, 2.05) is 0 Å². The van der Waals surface area contributed by atoms with Crippen molar-refractivity contribution in [1.29, 1.82) is 0 Å². The Morgan fingerprint density at radius 1 is 1.17 bits per heavy atom. The fourth-order valence-corrected chi connectivity index (χ4v) is 2.80. The highest BCUT2D eigenvalue weighted by Crippen LogP contribution is 2.26. The Balaban J connectivity index is 2.14. The van der Waals surface area contributed by atoms with Gasteiger partial charge in [-0.25, -0.2) is 0 Å². The summed E-state index contributed by atoms with van der Waals surface area (Å²) in [5.74, 6) is 0. The SMILES string of the molecule is Cc1cccc(CN)c1N1CCN(C(C)C)CC1. The Hall–Kier alpha value is -1.06. The van der Waals surface area contributed by atoms with Crippen molar-refractivity contribution < 1.29 is 0 Å². The molecule has 1 heterocycles. The minimum Gasteiger partial charge on any atom is -0.368 e. The van der Waals surface area contributed by atoms with Crippen molar-refractivity contribution >= 4 is 5.69 Å². The summed E-state index contributed by atoms with van der Waals surface area (Å²) in [6, 6.07) is 7.09. The molecule has 2 N–H and O–H groups in total. The highest BCUT2D eigenvalue weighted by Gasteiger charge is 2.21. The van der Waals surface area contributed by atoms with Crippen LogP contribution in [0, 0.1) is 6.92 Å². The Morgan fingerprint density at radius 2 is 1.83 bits per heavy atom. The number of nitrogens with zero attached hydrogens (tertiary/aromatic N) is 2. The topological polar surface area (TPSA) is 32.5 Å². The van der Waals surface area contributed by atoms with Crippen LogP contribution in [0.1, 0.15) is 25.0 Å². The van der Waals surface area contributed by atoms with E-state index in [0.717, 1.165) is 26.2 Å². The van der Waals surface area contributed by atoms with Crippen LogP contribution in [-0.2, 0) is 6.54 Å². The van der Waals surface area contributed by atoms with E-state index >= 15 is 0 Å². The molecule has 1 aliphatic rings. The normalized spacial score (nSPS) is 17.5. The fourth-order valence-electron chi connectivity index (χ4n) is 2.80. The summed E-state index contributed by atoms with van der Waals surface area (Å²) in [7, 11) is 0. The number of aryl methyl sites for hydroxylation is 1. The van der Waals surface area contributed by atoms with Crippen LogP contribution in [0.5, 0.6) is 0 Å². The van der Waals surface area contributed by atoms with Crippen LogP contribution < -0.4 is 10.6 Å². The molecule has 1 fully saturated rings. The van der Waals surface area contributed by atoms with Gasteiger partial charge >= 0.3 is 0 Å². The van der Waals surface area contributed by atoms with E-state index in [2.05, 4.69) is 48.8 Å². The third-order valence-corrected chi connectivity index (χ3v) is 3.90. The van der Waals surface area contributed by atoms with E-state index < -0.39 is 0 Å². The lowest BCUT2D eigenvalue weighted by Crippen LogP contribution is -2.49. The maximum atomic E-state index is 5.86. The van der Waals surface area contributed by atoms with Crippen LogP contribution in [-0.4, -0.2) is 37.1 Å². The van der Waals surface area contributed by atoms with E-state index in [1.54, 1.807) is 0 Å². The molecule has 0 aromatic heterocycles. The molecule has 0 aliphatic carbocycles. The molecule has 3 heteroatoms. The molecule has 1 saturated heterocycles. The van der Waals surface area contributed by atoms with Crippen molar-refractivity contribution in [2.75, 3.05) is 31.1 Å². The summed E-state index contributed by atoms with van der Waals surface area (Å²) in [4.78, 5) is 5.04. The molecule has 0 amide bonds. The molecule has 2 rings (SSSR count). The zero-order valence-electron chi connectivity index (χ0n) is 11.8. The quantitative estimate of drug-likeness (QED) is 0.886. The molecular formula is C15H25N3. The summed E-state index contributed by atoms with van der Waals surface area (Å²) in [6.07, 6.45) is 0. The molecule has 0 saturated carbocycles. The lowest BCUT2D eigenvalue weighted by molar-refractivity contribution is 0.209. The third kappa shape index (κ3) is 2.68. The Bertz CT molecular complexity index is 393. The minimum atomic E-state index is 0.626. The standard InChI is InChI=1S/C15H25N3/c1-12(2)17-7-9-18(10-8-17)15-13(3)5-4-6-14(15)11-16/h4-6,12H,7-11,16H2,1-3H3. The van der Waals surface area contributed by atoms with E-state index in [4.69, 9.17) is 5.73 Å². The van der Waals surface area contributed by atoms with Gasteiger partial charge in [-0.2, -0.15) is 0 Å². The summed E-state index contributed by atoms with van der Waals surface area (Å²) in [6.45, 7) is 11.9. The molecule has 1 aromatic rings. The molecule has 0 atom stereocenters. The minimum absolute atomic E-state index is 0.626. The third-order valence-electron chi connectivity index (χ3n) is 3.90. The highest BCUT2D eigenvalue weighted by molar-refractivity contribution is 5.59. The number of rotatable bonds is 3. The van der Waals surface area contributed by atoms with Crippen molar-refractivity contribution in [1.82, 2.24) is 4.90 Å². The van der Waals surface area contributed by atoms with Crippen LogP contribution in [0.4, 0.5) is 5.69 Å². The Kier molecular flexibility index (Phi) is 4.25. The lowest BCUT2D eigenvalue weighted by atomic mass is 10.1. The molecule has 3 nitrogen and oxygen atoms in total. The number of benzene rings is 1. The van der Waals surface area contributed by atoms with Gasteiger partial charge in [0.2, 0.25) is 0 Å². The fraction of sp³-hybridized carbons (Fsp3) is 0.600. The first-order valence-corrected chi connectivity index (χ1v) is 6.91. The van der Waals surface area contributed by atoms with E-state index in [-0.39, 0.29) is 0 Å². The van der Waals surface area contributed by atoms with Gasteiger partial charge < -0.3 is 10.6 Å². The molecule has 1 aliphatic heterocycles. The number of anilines is 1. The zero-order chi connectivity index (χ0) is 13.1. The van der Waals surface area contributed by atoms with Crippen LogP contribution in [0.25, 0.3) is 0 Å². The number of hydrogen-bond acceptors (Lipinski definition) is 3. The van der Waals surface area contributed by atoms with Crippen LogP contribution in [0.3, 0.4) is 0 Å². The summed E-state index contributed by atoms with van der Waals surface area (Å²) in [5.41, 5.74) is 9.84. The van der Waals surface area contributed by atoms with Gasteiger partial charge in [-0.1, -0.05) is 18.2 Å². The average molecular weight is 247 g/mol. The summed E-state index contributed by atoms with van der Waals surface area (Å²) >= 11 is 0. The van der Waals surface area contributed by atoms with Gasteiger partial charge in [-0.3, -0.25) is 4.90 Å². The zero-order valence-corrected chi connectivity index (χ0v) is 11.8. The number of para-hydroxylation sites is 1. The van der Waals surface area contributed by atoms with Crippen molar-refractivity contribution in [3.63, 3.8) is 0 Å². The van der Waals surface area contributed by atoms with E-state index in [0.29, 0.717) is 12.6 Å². The van der Waals surface area contributed by atoms with E-state index in [1.165, 1.54) is 16.8 Å². The number of piperazine rings is 1. The first-order valence-electron chi connectivity index (χ1n) is 6.91.